The maximum absolute atomic E-state index is 13.0. The van der Waals surface area contributed by atoms with Gasteiger partial charge in [-0.2, -0.15) is 0 Å². The van der Waals surface area contributed by atoms with Gasteiger partial charge >= 0.3 is 0 Å². The highest BCUT2D eigenvalue weighted by molar-refractivity contribution is 5.89. The molecule has 0 unspecified atom stereocenters. The van der Waals surface area contributed by atoms with E-state index in [1.54, 1.807) is 0 Å². The lowest BCUT2D eigenvalue weighted by atomic mass is 10.1. The lowest BCUT2D eigenvalue weighted by Gasteiger charge is -2.10. The summed E-state index contributed by atoms with van der Waals surface area (Å²) in [7, 11) is 0. The molecule has 2 amide bonds. The van der Waals surface area contributed by atoms with Crippen molar-refractivity contribution in [1.82, 2.24) is 5.32 Å². The van der Waals surface area contributed by atoms with E-state index in [1.165, 1.54) is 32.0 Å². The minimum Gasteiger partial charge on any atom is -0.352 e. The molecule has 0 spiro atoms. The van der Waals surface area contributed by atoms with E-state index in [2.05, 4.69) is 10.6 Å². The maximum Gasteiger partial charge on any atom is 0.221 e. The summed E-state index contributed by atoms with van der Waals surface area (Å²) < 4.78 is 13.0. The Bertz CT molecular complexity index is 418. The quantitative estimate of drug-likeness (QED) is 0.815. The molecule has 0 radical (unpaired) electrons. The van der Waals surface area contributed by atoms with Gasteiger partial charge in [-0.15, -0.1) is 0 Å². The number of amides is 2. The van der Waals surface area contributed by atoms with Crippen LogP contribution in [0.15, 0.2) is 18.2 Å². The Kier molecular flexibility index (Phi) is 3.99. The molecule has 1 aromatic rings. The van der Waals surface area contributed by atoms with Crippen LogP contribution in [0.1, 0.15) is 19.4 Å². The van der Waals surface area contributed by atoms with Gasteiger partial charge in [-0.3, -0.25) is 9.59 Å². The summed E-state index contributed by atoms with van der Waals surface area (Å²) in [4.78, 5) is 21.6. The van der Waals surface area contributed by atoms with Gasteiger partial charge in [0.25, 0.3) is 0 Å². The molecule has 86 valence electrons. The van der Waals surface area contributed by atoms with Gasteiger partial charge in [-0.25, -0.2) is 4.39 Å². The van der Waals surface area contributed by atoms with Crippen molar-refractivity contribution in [3.8, 4) is 0 Å². The zero-order valence-electron chi connectivity index (χ0n) is 9.13. The van der Waals surface area contributed by atoms with Crippen LogP contribution in [-0.4, -0.2) is 11.8 Å². The van der Waals surface area contributed by atoms with Gasteiger partial charge < -0.3 is 10.6 Å². The molecule has 0 fully saturated rings. The van der Waals surface area contributed by atoms with E-state index in [-0.39, 0.29) is 18.4 Å². The second-order valence-corrected chi connectivity index (χ2v) is 3.39. The number of halogens is 1. The highest BCUT2D eigenvalue weighted by Crippen LogP contribution is 2.17. The van der Waals surface area contributed by atoms with Gasteiger partial charge in [0, 0.05) is 26.1 Å². The SMILES string of the molecule is CC(=O)NCc1ccc(F)cc1NC(C)=O. The molecule has 4 nitrogen and oxygen atoms in total. The zero-order valence-corrected chi connectivity index (χ0v) is 9.13. The Morgan fingerprint density at radius 2 is 1.94 bits per heavy atom. The van der Waals surface area contributed by atoms with E-state index in [0.717, 1.165) is 0 Å². The largest absolute Gasteiger partial charge is 0.352 e. The Morgan fingerprint density at radius 3 is 2.50 bits per heavy atom. The number of carbonyl (C=O) groups is 2. The third-order valence-electron chi connectivity index (χ3n) is 1.91. The molecule has 0 atom stereocenters. The topological polar surface area (TPSA) is 58.2 Å². The summed E-state index contributed by atoms with van der Waals surface area (Å²) in [6.45, 7) is 2.99. The molecular formula is C11H13FN2O2. The van der Waals surface area contributed by atoms with Crippen LogP contribution in [0.4, 0.5) is 10.1 Å². The van der Waals surface area contributed by atoms with Crippen molar-refractivity contribution in [3.05, 3.63) is 29.6 Å². The summed E-state index contributed by atoms with van der Waals surface area (Å²) in [5, 5.41) is 5.09. The fraction of sp³-hybridized carbons (Fsp3) is 0.273. The summed E-state index contributed by atoms with van der Waals surface area (Å²) in [6.07, 6.45) is 0. The fourth-order valence-corrected chi connectivity index (χ4v) is 1.23. The monoisotopic (exact) mass is 224 g/mol. The van der Waals surface area contributed by atoms with Crippen molar-refractivity contribution in [2.24, 2.45) is 0 Å². The summed E-state index contributed by atoms with van der Waals surface area (Å²) >= 11 is 0. The van der Waals surface area contributed by atoms with Gasteiger partial charge in [-0.05, 0) is 17.7 Å². The van der Waals surface area contributed by atoms with Gasteiger partial charge in [-0.1, -0.05) is 6.07 Å². The molecule has 0 aromatic heterocycles. The molecule has 0 aliphatic rings. The van der Waals surface area contributed by atoms with Gasteiger partial charge in [0.15, 0.2) is 0 Å². The van der Waals surface area contributed by atoms with Crippen LogP contribution >= 0.6 is 0 Å². The predicted octanol–water partition coefficient (Wildman–Crippen LogP) is 1.42. The van der Waals surface area contributed by atoms with E-state index in [9.17, 15) is 14.0 Å². The lowest BCUT2D eigenvalue weighted by Crippen LogP contribution is -2.20. The molecule has 0 saturated heterocycles. The summed E-state index contributed by atoms with van der Waals surface area (Å²) in [5.41, 5.74) is 1.04. The molecule has 0 aliphatic carbocycles. The van der Waals surface area contributed by atoms with Crippen LogP contribution < -0.4 is 10.6 Å². The third-order valence-corrected chi connectivity index (χ3v) is 1.91. The van der Waals surface area contributed by atoms with Gasteiger partial charge in [0.1, 0.15) is 5.82 Å². The molecule has 0 aliphatic heterocycles. The average Bonchev–Trinajstić information content (AvgIpc) is 2.15. The summed E-state index contributed by atoms with van der Waals surface area (Å²) in [6, 6.07) is 4.03. The van der Waals surface area contributed by atoms with Crippen LogP contribution in [-0.2, 0) is 16.1 Å². The first-order chi connectivity index (χ1) is 7.49. The van der Waals surface area contributed by atoms with Crippen molar-refractivity contribution in [1.29, 1.82) is 0 Å². The Hall–Kier alpha value is -1.91. The number of anilines is 1. The molecule has 5 heteroatoms. The number of rotatable bonds is 3. The molecule has 0 saturated carbocycles. The molecule has 1 rings (SSSR count). The zero-order chi connectivity index (χ0) is 12.1. The minimum atomic E-state index is -0.435. The first-order valence-electron chi connectivity index (χ1n) is 4.79. The van der Waals surface area contributed by atoms with E-state index in [4.69, 9.17) is 0 Å². The number of hydrogen-bond donors (Lipinski definition) is 2. The molecule has 0 heterocycles. The van der Waals surface area contributed by atoms with Gasteiger partial charge in [0.05, 0.1) is 0 Å². The first-order valence-corrected chi connectivity index (χ1v) is 4.79. The first kappa shape index (κ1) is 12.2. The smallest absolute Gasteiger partial charge is 0.221 e. The van der Waals surface area contributed by atoms with Gasteiger partial charge in [0.2, 0.25) is 11.8 Å². The molecule has 16 heavy (non-hydrogen) atoms. The predicted molar refractivity (Wildman–Crippen MR) is 58.2 cm³/mol. The maximum atomic E-state index is 13.0. The van der Waals surface area contributed by atoms with Crippen molar-refractivity contribution >= 4 is 17.5 Å². The molecule has 1 aromatic carbocycles. The molecular weight excluding hydrogens is 211 g/mol. The van der Waals surface area contributed by atoms with E-state index in [0.29, 0.717) is 11.3 Å². The second-order valence-electron chi connectivity index (χ2n) is 3.39. The lowest BCUT2D eigenvalue weighted by molar-refractivity contribution is -0.119. The normalized spacial score (nSPS) is 9.69. The Balaban J connectivity index is 2.88. The highest BCUT2D eigenvalue weighted by Gasteiger charge is 2.06. The van der Waals surface area contributed by atoms with Crippen molar-refractivity contribution in [3.63, 3.8) is 0 Å². The second kappa shape index (κ2) is 5.25. The van der Waals surface area contributed by atoms with E-state index in [1.807, 2.05) is 0 Å². The van der Waals surface area contributed by atoms with Crippen LogP contribution in [0.2, 0.25) is 0 Å². The Morgan fingerprint density at radius 1 is 1.25 bits per heavy atom. The van der Waals surface area contributed by atoms with Crippen molar-refractivity contribution in [2.45, 2.75) is 20.4 Å². The van der Waals surface area contributed by atoms with Crippen LogP contribution in [0.3, 0.4) is 0 Å². The summed E-state index contributed by atoms with van der Waals surface area (Å²) in [5.74, 6) is -0.900. The minimum absolute atomic E-state index is 0.182. The number of nitrogens with one attached hydrogen (secondary N) is 2. The molecule has 2 N–H and O–H groups in total. The molecule has 0 bridgehead atoms. The number of hydrogen-bond acceptors (Lipinski definition) is 2. The standard InChI is InChI=1S/C11H13FN2O2/c1-7(15)13-6-9-3-4-10(12)5-11(9)14-8(2)16/h3-5H,6H2,1-2H3,(H,13,15)(H,14,16). The Labute approximate surface area is 92.8 Å². The van der Waals surface area contributed by atoms with Crippen LogP contribution in [0, 0.1) is 5.82 Å². The van der Waals surface area contributed by atoms with E-state index >= 15 is 0 Å². The third kappa shape index (κ3) is 3.68. The van der Waals surface area contributed by atoms with Crippen LogP contribution in [0.5, 0.6) is 0 Å². The van der Waals surface area contributed by atoms with E-state index < -0.39 is 5.82 Å². The highest BCUT2D eigenvalue weighted by atomic mass is 19.1. The van der Waals surface area contributed by atoms with Crippen molar-refractivity contribution in [2.75, 3.05) is 5.32 Å². The number of carbonyl (C=O) groups excluding carboxylic acids is 2. The average molecular weight is 224 g/mol. The van der Waals surface area contributed by atoms with Crippen molar-refractivity contribution < 1.29 is 14.0 Å². The fourth-order valence-electron chi connectivity index (χ4n) is 1.23. The number of benzene rings is 1. The van der Waals surface area contributed by atoms with Crippen LogP contribution in [0.25, 0.3) is 0 Å².